The molecule has 1 fully saturated rings. The van der Waals surface area contributed by atoms with Gasteiger partial charge in [-0.2, -0.15) is 0 Å². The molecule has 0 bridgehead atoms. The third kappa shape index (κ3) is 4.07. The number of aromatic hydroxyl groups is 1. The Kier molecular flexibility index (Phi) is 6.41. The number of nitrogens with one attached hydrogen (secondary N) is 1. The van der Waals surface area contributed by atoms with Crippen LogP contribution in [-0.2, 0) is 0 Å². The van der Waals surface area contributed by atoms with Gasteiger partial charge >= 0.3 is 0 Å². The van der Waals surface area contributed by atoms with Gasteiger partial charge in [0.15, 0.2) is 0 Å². The van der Waals surface area contributed by atoms with Crippen molar-refractivity contribution in [3.63, 3.8) is 0 Å². The molecule has 1 atom stereocenters. The van der Waals surface area contributed by atoms with Gasteiger partial charge in [-0.3, -0.25) is 4.90 Å². The summed E-state index contributed by atoms with van der Waals surface area (Å²) in [6.07, 6.45) is 0. The first kappa shape index (κ1) is 18.2. The highest BCUT2D eigenvalue weighted by atomic mass is 35.5. The van der Waals surface area contributed by atoms with Gasteiger partial charge in [-0.25, -0.2) is 4.39 Å². The van der Waals surface area contributed by atoms with Crippen molar-refractivity contribution in [1.82, 2.24) is 10.2 Å². The number of phenols is 1. The number of benzene rings is 1. The Labute approximate surface area is 131 Å². The van der Waals surface area contributed by atoms with Crippen molar-refractivity contribution in [3.8, 4) is 5.75 Å². The monoisotopic (exact) mass is 318 g/mol. The second-order valence-corrected chi connectivity index (χ2v) is 6.04. The van der Waals surface area contributed by atoms with E-state index in [9.17, 15) is 14.6 Å². The molecule has 0 saturated carbocycles. The van der Waals surface area contributed by atoms with Crippen molar-refractivity contribution in [2.75, 3.05) is 32.8 Å². The number of nitrogens with zero attached hydrogens (tertiary/aromatic N) is 1. The molecule has 6 heteroatoms. The number of aliphatic hydroxyl groups is 1. The highest BCUT2D eigenvalue weighted by molar-refractivity contribution is 5.85. The van der Waals surface area contributed by atoms with Crippen molar-refractivity contribution < 1.29 is 14.6 Å². The molecular formula is C15H24ClFN2O2. The molecule has 0 unspecified atom stereocenters. The van der Waals surface area contributed by atoms with E-state index in [1.54, 1.807) is 0 Å². The molecule has 1 aromatic rings. The predicted molar refractivity (Wildman–Crippen MR) is 83.4 cm³/mol. The molecule has 21 heavy (non-hydrogen) atoms. The topological polar surface area (TPSA) is 55.7 Å². The van der Waals surface area contributed by atoms with Gasteiger partial charge in [-0.05, 0) is 18.2 Å². The number of halogens is 2. The van der Waals surface area contributed by atoms with Gasteiger partial charge < -0.3 is 15.5 Å². The first-order chi connectivity index (χ1) is 9.45. The zero-order valence-electron chi connectivity index (χ0n) is 12.5. The van der Waals surface area contributed by atoms with E-state index in [-0.39, 0.29) is 36.6 Å². The lowest BCUT2D eigenvalue weighted by molar-refractivity contribution is 0.0291. The fraction of sp³-hybridized carbons (Fsp3) is 0.600. The lowest BCUT2D eigenvalue weighted by Gasteiger charge is -2.43. The van der Waals surface area contributed by atoms with Gasteiger partial charge in [0.2, 0.25) is 0 Å². The van der Waals surface area contributed by atoms with Crippen molar-refractivity contribution in [3.05, 3.63) is 29.6 Å². The summed E-state index contributed by atoms with van der Waals surface area (Å²) in [6.45, 7) is 7.17. The molecular weight excluding hydrogens is 295 g/mol. The second-order valence-electron chi connectivity index (χ2n) is 6.04. The molecule has 3 N–H and O–H groups in total. The molecule has 0 aromatic heterocycles. The first-order valence-corrected chi connectivity index (χ1v) is 7.00. The van der Waals surface area contributed by atoms with Gasteiger partial charge in [0.1, 0.15) is 11.6 Å². The summed E-state index contributed by atoms with van der Waals surface area (Å²) in [5.41, 5.74) is 0.0775. The molecule has 1 aromatic carbocycles. The zero-order chi connectivity index (χ0) is 14.8. The van der Waals surface area contributed by atoms with E-state index in [4.69, 9.17) is 0 Å². The van der Waals surface area contributed by atoms with Crippen LogP contribution in [0.3, 0.4) is 0 Å². The largest absolute Gasteiger partial charge is 0.508 e. The molecule has 1 heterocycles. The summed E-state index contributed by atoms with van der Waals surface area (Å²) in [6, 6.07) is 3.79. The number of phenolic OH excluding ortho intramolecular Hbond substituents is 1. The van der Waals surface area contributed by atoms with Crippen LogP contribution in [0.4, 0.5) is 4.39 Å². The Morgan fingerprint density at radius 3 is 2.52 bits per heavy atom. The van der Waals surface area contributed by atoms with E-state index >= 15 is 0 Å². The quantitative estimate of drug-likeness (QED) is 0.794. The molecule has 4 nitrogen and oxygen atoms in total. The minimum absolute atomic E-state index is 0. The van der Waals surface area contributed by atoms with Crippen LogP contribution < -0.4 is 5.32 Å². The number of hydrogen-bond donors (Lipinski definition) is 3. The maximum atomic E-state index is 13.6. The van der Waals surface area contributed by atoms with Gasteiger partial charge in [0.05, 0.1) is 0 Å². The Morgan fingerprint density at radius 1 is 1.33 bits per heavy atom. The summed E-state index contributed by atoms with van der Waals surface area (Å²) in [5.74, 6) is -0.289. The number of rotatable bonds is 4. The Morgan fingerprint density at radius 2 is 1.95 bits per heavy atom. The Balaban J connectivity index is 0.00000220. The summed E-state index contributed by atoms with van der Waals surface area (Å²) < 4.78 is 13.6. The molecule has 0 radical (unpaired) electrons. The fourth-order valence-corrected chi connectivity index (χ4v) is 2.88. The van der Waals surface area contributed by atoms with Gasteiger partial charge in [0.25, 0.3) is 0 Å². The molecule has 1 saturated heterocycles. The molecule has 1 aliphatic heterocycles. The second kappa shape index (κ2) is 7.40. The number of aliphatic hydroxyl groups excluding tert-OH is 1. The Bertz CT molecular complexity index is 465. The van der Waals surface area contributed by atoms with Crippen LogP contribution >= 0.6 is 12.4 Å². The summed E-state index contributed by atoms with van der Waals surface area (Å²) >= 11 is 0. The van der Waals surface area contributed by atoms with Crippen LogP contribution in [0.5, 0.6) is 5.75 Å². The minimum Gasteiger partial charge on any atom is -0.508 e. The maximum absolute atomic E-state index is 13.6. The van der Waals surface area contributed by atoms with Crippen LogP contribution in [0.15, 0.2) is 18.2 Å². The van der Waals surface area contributed by atoms with E-state index in [1.165, 1.54) is 18.2 Å². The number of piperazine rings is 1. The van der Waals surface area contributed by atoms with Gasteiger partial charge in [-0.1, -0.05) is 13.8 Å². The van der Waals surface area contributed by atoms with Crippen LogP contribution in [0.2, 0.25) is 0 Å². The maximum Gasteiger partial charge on any atom is 0.123 e. The third-order valence-corrected chi connectivity index (χ3v) is 3.95. The average Bonchev–Trinajstić information content (AvgIpc) is 2.44. The van der Waals surface area contributed by atoms with Crippen molar-refractivity contribution in [2.45, 2.75) is 19.9 Å². The SMILES string of the molecule is CC(C)(CO)[C@@H](c1cc(F)ccc1O)N1CCNCC1.Cl. The molecule has 0 amide bonds. The standard InChI is InChI=1S/C15H23FN2O2.ClH/c1-15(2,10-19)14(18-7-5-17-6-8-18)12-9-11(16)3-4-13(12)20;/h3-4,9,14,17,19-20H,5-8,10H2,1-2H3;1H/t14-;/m1./s1. The van der Waals surface area contributed by atoms with E-state index in [0.29, 0.717) is 5.56 Å². The van der Waals surface area contributed by atoms with Crippen LogP contribution in [-0.4, -0.2) is 47.9 Å². The third-order valence-electron chi connectivity index (χ3n) is 3.95. The minimum atomic E-state index is -0.470. The van der Waals surface area contributed by atoms with Crippen molar-refractivity contribution in [2.24, 2.45) is 5.41 Å². The first-order valence-electron chi connectivity index (χ1n) is 7.00. The van der Waals surface area contributed by atoms with Crippen LogP contribution in [0, 0.1) is 11.2 Å². The van der Waals surface area contributed by atoms with E-state index in [0.717, 1.165) is 26.2 Å². The van der Waals surface area contributed by atoms with Crippen LogP contribution in [0.25, 0.3) is 0 Å². The molecule has 0 aliphatic carbocycles. The molecule has 120 valence electrons. The van der Waals surface area contributed by atoms with E-state index in [2.05, 4.69) is 10.2 Å². The highest BCUT2D eigenvalue weighted by Gasteiger charge is 2.37. The Hall–Kier alpha value is -0.880. The average molecular weight is 319 g/mol. The van der Waals surface area contributed by atoms with Gasteiger partial charge in [0, 0.05) is 49.8 Å². The summed E-state index contributed by atoms with van der Waals surface area (Å²) in [7, 11) is 0. The highest BCUT2D eigenvalue weighted by Crippen LogP contribution is 2.41. The van der Waals surface area contributed by atoms with Crippen molar-refractivity contribution >= 4 is 12.4 Å². The lowest BCUT2D eigenvalue weighted by Crippen LogP contribution is -2.49. The van der Waals surface area contributed by atoms with Gasteiger partial charge in [-0.15, -0.1) is 12.4 Å². The number of hydrogen-bond acceptors (Lipinski definition) is 4. The lowest BCUT2D eigenvalue weighted by atomic mass is 9.79. The summed E-state index contributed by atoms with van der Waals surface area (Å²) in [4.78, 5) is 2.20. The van der Waals surface area contributed by atoms with Crippen molar-refractivity contribution in [1.29, 1.82) is 0 Å². The fourth-order valence-electron chi connectivity index (χ4n) is 2.88. The van der Waals surface area contributed by atoms with E-state index < -0.39 is 5.41 Å². The summed E-state index contributed by atoms with van der Waals surface area (Å²) in [5, 5.41) is 23.1. The molecule has 0 spiro atoms. The zero-order valence-corrected chi connectivity index (χ0v) is 13.3. The molecule has 1 aliphatic rings. The normalized spacial score (nSPS) is 18.1. The van der Waals surface area contributed by atoms with E-state index in [1.807, 2.05) is 13.8 Å². The predicted octanol–water partition coefficient (Wildman–Crippen LogP) is 1.92. The molecule has 2 rings (SSSR count). The van der Waals surface area contributed by atoms with Crippen LogP contribution in [0.1, 0.15) is 25.5 Å². The smallest absolute Gasteiger partial charge is 0.123 e.